The van der Waals surface area contributed by atoms with Crippen molar-refractivity contribution >= 4 is 11.5 Å². The van der Waals surface area contributed by atoms with E-state index < -0.39 is 4.92 Å². The number of aromatic nitrogens is 4. The highest BCUT2D eigenvalue weighted by molar-refractivity contribution is 5.78. The minimum absolute atomic E-state index is 0.120. The summed E-state index contributed by atoms with van der Waals surface area (Å²) in [6.07, 6.45) is 7.33. The zero-order valence-corrected chi connectivity index (χ0v) is 12.4. The lowest BCUT2D eigenvalue weighted by Gasteiger charge is -2.02. The number of aryl methyl sites for hydroxylation is 1. The molecule has 0 saturated carbocycles. The zero-order chi connectivity index (χ0) is 16.4. The number of nitro groups is 1. The van der Waals surface area contributed by atoms with Crippen molar-refractivity contribution in [3.63, 3.8) is 0 Å². The quantitative estimate of drug-likeness (QED) is 0.584. The first-order valence-electron chi connectivity index (χ1n) is 6.99. The van der Waals surface area contributed by atoms with Gasteiger partial charge in [-0.05, 0) is 24.1 Å². The van der Waals surface area contributed by atoms with Crippen LogP contribution in [0.4, 0.5) is 11.5 Å². The van der Waals surface area contributed by atoms with E-state index in [0.29, 0.717) is 16.9 Å². The molecule has 116 valence electrons. The van der Waals surface area contributed by atoms with Gasteiger partial charge in [0, 0.05) is 24.2 Å². The molecule has 2 N–H and O–H groups in total. The molecule has 0 radical (unpaired) electrons. The van der Waals surface area contributed by atoms with Crippen molar-refractivity contribution in [2.45, 2.75) is 13.3 Å². The van der Waals surface area contributed by atoms with E-state index in [-0.39, 0.29) is 11.5 Å². The summed E-state index contributed by atoms with van der Waals surface area (Å²) >= 11 is 0. The summed E-state index contributed by atoms with van der Waals surface area (Å²) in [6.45, 7) is 2.05. The monoisotopic (exact) mass is 310 g/mol. The summed E-state index contributed by atoms with van der Waals surface area (Å²) in [5.74, 6) is 0.517. The molecular weight excluding hydrogens is 296 g/mol. The molecule has 0 atom stereocenters. The van der Waals surface area contributed by atoms with Crippen molar-refractivity contribution in [1.29, 1.82) is 0 Å². The summed E-state index contributed by atoms with van der Waals surface area (Å²) in [6, 6.07) is 5.37. The molecule has 8 nitrogen and oxygen atoms in total. The van der Waals surface area contributed by atoms with Gasteiger partial charge in [-0.2, -0.15) is 5.10 Å². The van der Waals surface area contributed by atoms with Crippen LogP contribution in [0.2, 0.25) is 0 Å². The van der Waals surface area contributed by atoms with Gasteiger partial charge in [-0.25, -0.2) is 14.6 Å². The van der Waals surface area contributed by atoms with Crippen molar-refractivity contribution in [2.24, 2.45) is 0 Å². The Morgan fingerprint density at radius 2 is 2.09 bits per heavy atom. The number of nitrogen functional groups attached to an aromatic ring is 1. The Labute approximate surface area is 131 Å². The molecule has 0 spiro atoms. The van der Waals surface area contributed by atoms with Crippen LogP contribution in [0.5, 0.6) is 0 Å². The molecule has 0 aliphatic carbocycles. The minimum Gasteiger partial charge on any atom is -0.378 e. The van der Waals surface area contributed by atoms with Gasteiger partial charge < -0.3 is 5.73 Å². The summed E-state index contributed by atoms with van der Waals surface area (Å²) in [7, 11) is 0. The lowest BCUT2D eigenvalue weighted by atomic mass is 10.1. The van der Waals surface area contributed by atoms with Gasteiger partial charge in [0.2, 0.25) is 5.82 Å². The summed E-state index contributed by atoms with van der Waals surface area (Å²) < 4.78 is 1.56. The Kier molecular flexibility index (Phi) is 3.71. The molecule has 0 bridgehead atoms. The van der Waals surface area contributed by atoms with Gasteiger partial charge in [0.15, 0.2) is 5.82 Å². The number of rotatable bonds is 4. The fourth-order valence-corrected chi connectivity index (χ4v) is 2.24. The van der Waals surface area contributed by atoms with Crippen LogP contribution in [0.25, 0.3) is 16.9 Å². The molecule has 0 amide bonds. The topological polar surface area (TPSA) is 113 Å². The first kappa shape index (κ1) is 14.6. The second kappa shape index (κ2) is 5.84. The van der Waals surface area contributed by atoms with E-state index in [9.17, 15) is 10.1 Å². The molecule has 3 aromatic heterocycles. The normalized spacial score (nSPS) is 10.7. The number of hydrogen-bond donors (Lipinski definition) is 1. The first-order chi connectivity index (χ1) is 11.1. The average Bonchev–Trinajstić information content (AvgIpc) is 3.04. The van der Waals surface area contributed by atoms with Crippen LogP contribution in [0, 0.1) is 10.1 Å². The third-order valence-corrected chi connectivity index (χ3v) is 3.48. The maximum absolute atomic E-state index is 11.2. The third-order valence-electron chi connectivity index (χ3n) is 3.48. The molecule has 3 heterocycles. The smallest absolute Gasteiger partial charge is 0.319 e. The number of anilines is 1. The van der Waals surface area contributed by atoms with Crippen LogP contribution in [0.3, 0.4) is 0 Å². The predicted octanol–water partition coefficient (Wildman–Crippen LogP) is 2.38. The summed E-state index contributed by atoms with van der Waals surface area (Å²) in [4.78, 5) is 18.8. The van der Waals surface area contributed by atoms with Crippen molar-refractivity contribution in [1.82, 2.24) is 19.7 Å². The van der Waals surface area contributed by atoms with Crippen LogP contribution in [0.15, 0.2) is 43.0 Å². The largest absolute Gasteiger partial charge is 0.378 e. The van der Waals surface area contributed by atoms with E-state index in [1.807, 2.05) is 12.1 Å². The SMILES string of the molecule is CCc1ccc(-n2cc(-c3ccnc(N)c3[N+](=O)[O-])cn2)nc1. The molecule has 0 aromatic carbocycles. The molecule has 0 aliphatic heterocycles. The molecule has 3 rings (SSSR count). The van der Waals surface area contributed by atoms with E-state index >= 15 is 0 Å². The Morgan fingerprint density at radius 1 is 1.26 bits per heavy atom. The molecule has 3 aromatic rings. The van der Waals surface area contributed by atoms with Gasteiger partial charge in [0.25, 0.3) is 0 Å². The maximum Gasteiger partial charge on any atom is 0.319 e. The van der Waals surface area contributed by atoms with Crippen LogP contribution < -0.4 is 5.73 Å². The molecule has 23 heavy (non-hydrogen) atoms. The van der Waals surface area contributed by atoms with Crippen molar-refractivity contribution in [2.75, 3.05) is 5.73 Å². The number of nitrogens with zero attached hydrogens (tertiary/aromatic N) is 5. The Bertz CT molecular complexity index is 857. The zero-order valence-electron chi connectivity index (χ0n) is 12.4. The van der Waals surface area contributed by atoms with Crippen molar-refractivity contribution < 1.29 is 4.92 Å². The van der Waals surface area contributed by atoms with Gasteiger partial charge in [0.05, 0.1) is 16.7 Å². The molecule has 0 unspecified atom stereocenters. The first-order valence-corrected chi connectivity index (χ1v) is 6.99. The van der Waals surface area contributed by atoms with Gasteiger partial charge in [-0.15, -0.1) is 0 Å². The van der Waals surface area contributed by atoms with Crippen molar-refractivity contribution in [3.05, 3.63) is 58.7 Å². The Hall–Kier alpha value is -3.29. The average molecular weight is 310 g/mol. The van der Waals surface area contributed by atoms with E-state index in [2.05, 4.69) is 22.0 Å². The Morgan fingerprint density at radius 3 is 2.74 bits per heavy atom. The fourth-order valence-electron chi connectivity index (χ4n) is 2.24. The van der Waals surface area contributed by atoms with Gasteiger partial charge in [-0.3, -0.25) is 10.1 Å². The lowest BCUT2D eigenvalue weighted by Crippen LogP contribution is -2.00. The second-order valence-electron chi connectivity index (χ2n) is 4.90. The van der Waals surface area contributed by atoms with Crippen LogP contribution in [-0.2, 0) is 6.42 Å². The number of pyridine rings is 2. The van der Waals surface area contributed by atoms with Gasteiger partial charge in [0.1, 0.15) is 0 Å². The van der Waals surface area contributed by atoms with Crippen molar-refractivity contribution in [3.8, 4) is 16.9 Å². The third kappa shape index (κ3) is 2.73. The minimum atomic E-state index is -0.538. The highest BCUT2D eigenvalue weighted by Crippen LogP contribution is 2.32. The molecule has 0 aliphatic rings. The highest BCUT2D eigenvalue weighted by Gasteiger charge is 2.21. The number of nitrogens with two attached hydrogens (primary N) is 1. The lowest BCUT2D eigenvalue weighted by molar-refractivity contribution is -0.383. The van der Waals surface area contributed by atoms with E-state index in [4.69, 9.17) is 5.73 Å². The fraction of sp³-hybridized carbons (Fsp3) is 0.133. The standard InChI is InChI=1S/C15H14N6O2/c1-2-10-3-4-13(18-7-10)20-9-11(8-19-20)12-5-6-17-15(16)14(12)21(22)23/h3-9H,2H2,1H3,(H2,16,17). The summed E-state index contributed by atoms with van der Waals surface area (Å²) in [5, 5.41) is 15.4. The van der Waals surface area contributed by atoms with Crippen LogP contribution in [-0.4, -0.2) is 24.7 Å². The molecule has 0 saturated heterocycles. The predicted molar refractivity (Wildman–Crippen MR) is 85.0 cm³/mol. The molecule has 8 heteroatoms. The van der Waals surface area contributed by atoms with Gasteiger partial charge in [-0.1, -0.05) is 13.0 Å². The summed E-state index contributed by atoms with van der Waals surface area (Å²) in [5.41, 5.74) is 7.47. The highest BCUT2D eigenvalue weighted by atomic mass is 16.6. The van der Waals surface area contributed by atoms with Crippen LogP contribution >= 0.6 is 0 Å². The Balaban J connectivity index is 2.02. The second-order valence-corrected chi connectivity index (χ2v) is 4.90. The molecule has 0 fully saturated rings. The maximum atomic E-state index is 11.2. The van der Waals surface area contributed by atoms with E-state index in [1.54, 1.807) is 23.1 Å². The molecular formula is C15H14N6O2. The number of hydrogen-bond acceptors (Lipinski definition) is 6. The van der Waals surface area contributed by atoms with Gasteiger partial charge >= 0.3 is 5.69 Å². The van der Waals surface area contributed by atoms with E-state index in [1.165, 1.54) is 12.4 Å². The van der Waals surface area contributed by atoms with E-state index in [0.717, 1.165) is 12.0 Å². The van der Waals surface area contributed by atoms with Crippen LogP contribution in [0.1, 0.15) is 12.5 Å².